The monoisotopic (exact) mass is 478 g/mol. The largest absolute Gasteiger partial charge is 0.394 e. The van der Waals surface area contributed by atoms with Crippen LogP contribution in [0.3, 0.4) is 0 Å². The first-order chi connectivity index (χ1) is 16.9. The molecule has 3 N–H and O–H groups in total. The highest BCUT2D eigenvalue weighted by Crippen LogP contribution is 2.09. The third-order valence-electron chi connectivity index (χ3n) is 4.80. The Hall–Kier alpha value is -3.78. The Bertz CT molecular complexity index is 1020. The maximum atomic E-state index is 12.4. The number of urea groups is 1. The zero-order valence-corrected chi connectivity index (χ0v) is 21.1. The normalized spacial score (nSPS) is 13.1. The van der Waals surface area contributed by atoms with Crippen molar-refractivity contribution in [1.29, 1.82) is 0 Å². The molecule has 0 saturated heterocycles. The van der Waals surface area contributed by atoms with Gasteiger partial charge in [0.05, 0.1) is 25.1 Å². The number of carbonyl (C=O) groups is 1. The summed E-state index contributed by atoms with van der Waals surface area (Å²) in [6.45, 7) is 18.0. The summed E-state index contributed by atoms with van der Waals surface area (Å²) in [5, 5.41) is 18.9. The molecule has 0 atom stereocenters. The molecule has 0 aliphatic carbocycles. The van der Waals surface area contributed by atoms with Crippen LogP contribution in [0.5, 0.6) is 0 Å². The van der Waals surface area contributed by atoms with Crippen LogP contribution < -0.4 is 10.6 Å². The maximum Gasteiger partial charge on any atom is 0.320 e. The number of nitrogens with zero attached hydrogens (tertiary/aromatic N) is 4. The second-order valence-electron chi connectivity index (χ2n) is 7.60. The molecule has 188 valence electrons. The molecule has 0 bridgehead atoms. The van der Waals surface area contributed by atoms with Gasteiger partial charge in [-0.1, -0.05) is 49.6 Å². The molecule has 0 unspecified atom stereocenters. The zero-order valence-electron chi connectivity index (χ0n) is 21.1. The number of hydrogen-bond donors (Lipinski definition) is 3. The summed E-state index contributed by atoms with van der Waals surface area (Å²) in [7, 11) is 0. The summed E-state index contributed by atoms with van der Waals surface area (Å²) in [5.41, 5.74) is 3.15. The van der Waals surface area contributed by atoms with Gasteiger partial charge in [0, 0.05) is 18.3 Å². The van der Waals surface area contributed by atoms with Gasteiger partial charge in [-0.25, -0.2) is 14.8 Å². The van der Waals surface area contributed by atoms with E-state index in [0.717, 1.165) is 24.8 Å². The van der Waals surface area contributed by atoms with Gasteiger partial charge in [-0.2, -0.15) is 5.10 Å². The number of allylic oxidation sites excluding steroid dienone is 7. The molecule has 2 amide bonds. The van der Waals surface area contributed by atoms with Crippen molar-refractivity contribution in [2.24, 2.45) is 9.98 Å². The van der Waals surface area contributed by atoms with Crippen molar-refractivity contribution in [2.75, 3.05) is 13.2 Å². The number of aliphatic hydroxyl groups excluding tert-OH is 1. The number of unbranched alkanes of at least 4 members (excludes halogenated alkanes) is 1. The highest BCUT2D eigenvalue weighted by molar-refractivity contribution is 6.16. The second kappa shape index (κ2) is 16.8. The summed E-state index contributed by atoms with van der Waals surface area (Å²) >= 11 is 0. The topological polar surface area (TPSA) is 104 Å². The van der Waals surface area contributed by atoms with Gasteiger partial charge in [0.1, 0.15) is 5.82 Å². The molecule has 8 heteroatoms. The highest BCUT2D eigenvalue weighted by atomic mass is 16.3. The van der Waals surface area contributed by atoms with Crippen LogP contribution in [-0.4, -0.2) is 45.6 Å². The molecule has 0 aliphatic rings. The number of hydrogen-bond acceptors (Lipinski definition) is 4. The van der Waals surface area contributed by atoms with Gasteiger partial charge in [-0.05, 0) is 57.8 Å². The van der Waals surface area contributed by atoms with E-state index < -0.39 is 0 Å². The summed E-state index contributed by atoms with van der Waals surface area (Å²) in [4.78, 5) is 21.4. The van der Waals surface area contributed by atoms with Crippen LogP contribution in [0, 0.1) is 0 Å². The number of carbonyl (C=O) groups excluding carboxylic acids is 1. The van der Waals surface area contributed by atoms with Gasteiger partial charge < -0.3 is 10.4 Å². The van der Waals surface area contributed by atoms with Crippen molar-refractivity contribution in [3.05, 3.63) is 91.1 Å². The lowest BCUT2D eigenvalue weighted by Gasteiger charge is -2.09. The molecule has 1 aromatic rings. The standard InChI is InChI=1S/C27H38N6O2/c1-7-11-14-22(8-2)15-12-13-16-28-27(35)32-25(10-4)31-26(21(5)6)30-24(9-3)23-19-29-33(20-23)17-18-34/h7-11,14,19-20,34H,1,3,5,12-13,15-18H2,2,4,6H3,(H2,28,32,35)/b14-11-,22-8+,25-10+,30-24+,31-26+. The Kier molecular flexibility index (Phi) is 14.0. The molecule has 0 aliphatic heterocycles. The predicted molar refractivity (Wildman–Crippen MR) is 146 cm³/mol. The Morgan fingerprint density at radius 2 is 2.00 bits per heavy atom. The molecule has 8 nitrogen and oxygen atoms in total. The SMILES string of the molecule is C=C/C=C\C(=C/C)CCCCNC(=O)NC(=C/C)/N=C(/N=C(\C=C)c1cnn(CCO)c1)C(=C)C. The quantitative estimate of drug-likeness (QED) is 0.154. The molecular formula is C27H38N6O2. The van der Waals surface area contributed by atoms with Crippen molar-refractivity contribution < 1.29 is 9.90 Å². The summed E-state index contributed by atoms with van der Waals surface area (Å²) in [5.74, 6) is 0.712. The van der Waals surface area contributed by atoms with Gasteiger partial charge in [-0.3, -0.25) is 10.00 Å². The first kappa shape index (κ1) is 29.3. The number of aliphatic hydroxyl groups is 1. The van der Waals surface area contributed by atoms with Crippen molar-refractivity contribution in [3.63, 3.8) is 0 Å². The minimum absolute atomic E-state index is 0.0115. The Labute approximate surface area is 209 Å². The van der Waals surface area contributed by atoms with Crippen molar-refractivity contribution in [2.45, 2.75) is 46.6 Å². The van der Waals surface area contributed by atoms with Gasteiger partial charge in [-0.15, -0.1) is 0 Å². The van der Waals surface area contributed by atoms with Crippen LogP contribution >= 0.6 is 0 Å². The van der Waals surface area contributed by atoms with Gasteiger partial charge in [0.2, 0.25) is 0 Å². The zero-order chi connectivity index (χ0) is 26.1. The minimum atomic E-state index is -0.334. The molecule has 0 aromatic carbocycles. The Morgan fingerprint density at radius 1 is 1.23 bits per heavy atom. The number of aromatic nitrogens is 2. The molecule has 1 heterocycles. The van der Waals surface area contributed by atoms with E-state index in [1.807, 2.05) is 19.1 Å². The molecule has 35 heavy (non-hydrogen) atoms. The molecule has 0 fully saturated rings. The summed E-state index contributed by atoms with van der Waals surface area (Å²) in [6.07, 6.45) is 17.3. The number of nitrogens with one attached hydrogen (secondary N) is 2. The lowest BCUT2D eigenvalue weighted by Crippen LogP contribution is -2.35. The van der Waals surface area contributed by atoms with E-state index >= 15 is 0 Å². The van der Waals surface area contributed by atoms with Crippen LogP contribution in [0.4, 0.5) is 4.79 Å². The average Bonchev–Trinajstić information content (AvgIpc) is 3.31. The lowest BCUT2D eigenvalue weighted by molar-refractivity contribution is 0.243. The van der Waals surface area contributed by atoms with Crippen molar-refractivity contribution >= 4 is 17.6 Å². The van der Waals surface area contributed by atoms with Crippen LogP contribution in [0.25, 0.3) is 0 Å². The van der Waals surface area contributed by atoms with Gasteiger partial charge in [0.25, 0.3) is 0 Å². The van der Waals surface area contributed by atoms with E-state index in [0.29, 0.717) is 36.0 Å². The van der Waals surface area contributed by atoms with Crippen LogP contribution in [0.1, 0.15) is 45.6 Å². The maximum absolute atomic E-state index is 12.4. The van der Waals surface area contributed by atoms with E-state index in [1.54, 1.807) is 49.2 Å². The highest BCUT2D eigenvalue weighted by Gasteiger charge is 2.09. The first-order valence-electron chi connectivity index (χ1n) is 11.6. The Morgan fingerprint density at radius 3 is 2.60 bits per heavy atom. The van der Waals surface area contributed by atoms with Gasteiger partial charge in [0.15, 0.2) is 5.84 Å². The average molecular weight is 479 g/mol. The fourth-order valence-electron chi connectivity index (χ4n) is 2.89. The van der Waals surface area contributed by atoms with E-state index in [9.17, 15) is 4.79 Å². The number of aliphatic imine (C=N–C) groups is 2. The summed E-state index contributed by atoms with van der Waals surface area (Å²) < 4.78 is 1.62. The predicted octanol–water partition coefficient (Wildman–Crippen LogP) is 4.84. The lowest BCUT2D eigenvalue weighted by atomic mass is 10.1. The smallest absolute Gasteiger partial charge is 0.320 e. The molecule has 0 radical (unpaired) electrons. The van der Waals surface area contributed by atoms with Gasteiger partial charge >= 0.3 is 6.03 Å². The van der Waals surface area contributed by atoms with E-state index in [4.69, 9.17) is 5.11 Å². The van der Waals surface area contributed by atoms with Crippen LogP contribution in [-0.2, 0) is 6.54 Å². The molecular weight excluding hydrogens is 440 g/mol. The molecule has 0 spiro atoms. The molecule has 0 saturated carbocycles. The van der Waals surface area contributed by atoms with Crippen molar-refractivity contribution in [1.82, 2.24) is 20.4 Å². The third kappa shape index (κ3) is 11.3. The van der Waals surface area contributed by atoms with E-state index in [-0.39, 0.29) is 12.6 Å². The third-order valence-corrected chi connectivity index (χ3v) is 4.80. The number of amidine groups is 1. The first-order valence-corrected chi connectivity index (χ1v) is 11.6. The Balaban J connectivity index is 2.76. The summed E-state index contributed by atoms with van der Waals surface area (Å²) in [6, 6.07) is -0.334. The number of amides is 2. The fourth-order valence-corrected chi connectivity index (χ4v) is 2.89. The number of rotatable bonds is 14. The fraction of sp³-hybridized carbons (Fsp3) is 0.333. The molecule has 1 aromatic heterocycles. The van der Waals surface area contributed by atoms with Crippen LogP contribution in [0.15, 0.2) is 95.5 Å². The second-order valence-corrected chi connectivity index (χ2v) is 7.60. The minimum Gasteiger partial charge on any atom is -0.394 e. The van der Waals surface area contributed by atoms with Crippen LogP contribution in [0.2, 0.25) is 0 Å². The molecule has 1 rings (SSSR count). The van der Waals surface area contributed by atoms with Crippen molar-refractivity contribution in [3.8, 4) is 0 Å². The van der Waals surface area contributed by atoms with E-state index in [1.165, 1.54) is 5.57 Å². The van der Waals surface area contributed by atoms with E-state index in [2.05, 4.69) is 51.5 Å².